The van der Waals surface area contributed by atoms with Crippen molar-refractivity contribution < 1.29 is 22.1 Å². The van der Waals surface area contributed by atoms with Crippen molar-refractivity contribution in [2.24, 2.45) is 0 Å². The summed E-state index contributed by atoms with van der Waals surface area (Å²) in [5.41, 5.74) is -0.959. The molecular weight excluding hydrogens is 318 g/mol. The van der Waals surface area contributed by atoms with Crippen LogP contribution in [0.1, 0.15) is 5.56 Å². The molecule has 0 N–H and O–H groups in total. The van der Waals surface area contributed by atoms with Crippen molar-refractivity contribution in [2.45, 2.75) is 9.79 Å². The Morgan fingerprint density at radius 1 is 1.09 bits per heavy atom. The van der Waals surface area contributed by atoms with Crippen LogP contribution in [0.25, 0.3) is 0 Å². The zero-order valence-electron chi connectivity index (χ0n) is 10.7. The van der Waals surface area contributed by atoms with E-state index in [9.17, 15) is 27.3 Å². The molecule has 0 radical (unpaired) electrons. The van der Waals surface area contributed by atoms with Gasteiger partial charge in [0.25, 0.3) is 5.69 Å². The first-order chi connectivity index (χ1) is 10.3. The third kappa shape index (κ3) is 2.77. The molecule has 0 aliphatic heterocycles. The van der Waals surface area contributed by atoms with Gasteiger partial charge in [-0.25, -0.2) is 17.2 Å². The van der Waals surface area contributed by atoms with E-state index in [-0.39, 0.29) is 0 Å². The van der Waals surface area contributed by atoms with E-state index in [0.717, 1.165) is 18.2 Å². The first-order valence-corrected chi connectivity index (χ1v) is 7.14. The van der Waals surface area contributed by atoms with E-state index < -0.39 is 47.4 Å². The Labute approximate surface area is 123 Å². The highest BCUT2D eigenvalue weighted by molar-refractivity contribution is 7.91. The fourth-order valence-electron chi connectivity index (χ4n) is 1.76. The van der Waals surface area contributed by atoms with Crippen LogP contribution in [0, 0.1) is 33.1 Å². The quantitative estimate of drug-likeness (QED) is 0.638. The summed E-state index contributed by atoms with van der Waals surface area (Å²) in [5, 5.41) is 19.6. The highest BCUT2D eigenvalue weighted by Crippen LogP contribution is 2.27. The number of nitriles is 1. The fraction of sp³-hybridized carbons (Fsp3) is 0. The summed E-state index contributed by atoms with van der Waals surface area (Å²) < 4.78 is 51.0. The van der Waals surface area contributed by atoms with Crippen molar-refractivity contribution >= 4 is 15.5 Å². The van der Waals surface area contributed by atoms with Gasteiger partial charge in [0.2, 0.25) is 9.84 Å². The highest BCUT2D eigenvalue weighted by atomic mass is 32.2. The van der Waals surface area contributed by atoms with Gasteiger partial charge >= 0.3 is 0 Å². The maximum Gasteiger partial charge on any atom is 0.270 e. The van der Waals surface area contributed by atoms with Crippen LogP contribution in [0.2, 0.25) is 0 Å². The van der Waals surface area contributed by atoms with Crippen molar-refractivity contribution in [2.75, 3.05) is 0 Å². The zero-order chi connectivity index (χ0) is 16.5. The average Bonchev–Trinajstić information content (AvgIpc) is 2.45. The van der Waals surface area contributed by atoms with Crippen LogP contribution in [0.15, 0.2) is 46.2 Å². The molecule has 6 nitrogen and oxygen atoms in total. The predicted octanol–water partition coefficient (Wildman–Crippen LogP) is 2.58. The van der Waals surface area contributed by atoms with Crippen LogP contribution in [-0.2, 0) is 9.84 Å². The number of halogens is 2. The van der Waals surface area contributed by atoms with Gasteiger partial charge < -0.3 is 0 Å². The molecule has 2 aromatic carbocycles. The van der Waals surface area contributed by atoms with E-state index in [1.165, 1.54) is 6.07 Å². The van der Waals surface area contributed by atoms with Gasteiger partial charge in [0.05, 0.1) is 20.3 Å². The van der Waals surface area contributed by atoms with Crippen molar-refractivity contribution in [1.82, 2.24) is 0 Å². The largest absolute Gasteiger partial charge is 0.270 e. The Morgan fingerprint density at radius 3 is 2.18 bits per heavy atom. The number of hydrogen-bond donors (Lipinski definition) is 0. The summed E-state index contributed by atoms with van der Waals surface area (Å²) in [6.07, 6.45) is 0. The lowest BCUT2D eigenvalue weighted by molar-refractivity contribution is -0.384. The summed E-state index contributed by atoms with van der Waals surface area (Å²) >= 11 is 0. The molecule has 0 spiro atoms. The van der Waals surface area contributed by atoms with Crippen LogP contribution in [-0.4, -0.2) is 13.3 Å². The van der Waals surface area contributed by atoms with Gasteiger partial charge in [-0.15, -0.1) is 0 Å². The molecule has 0 amide bonds. The van der Waals surface area contributed by atoms with Gasteiger partial charge in [-0.05, 0) is 18.2 Å². The molecule has 2 aromatic rings. The third-order valence-electron chi connectivity index (χ3n) is 2.73. The average molecular weight is 324 g/mol. The minimum Gasteiger partial charge on any atom is -0.258 e. The van der Waals surface area contributed by atoms with Crippen LogP contribution < -0.4 is 0 Å². The zero-order valence-corrected chi connectivity index (χ0v) is 11.5. The minimum absolute atomic E-state index is 0.471. The first kappa shape index (κ1) is 15.5. The lowest BCUT2D eigenvalue weighted by Gasteiger charge is -2.07. The number of nitrogens with zero attached hydrogens (tertiary/aromatic N) is 2. The van der Waals surface area contributed by atoms with Gasteiger partial charge in [0, 0.05) is 18.2 Å². The molecule has 0 atom stereocenters. The Balaban J connectivity index is 2.69. The lowest BCUT2D eigenvalue weighted by atomic mass is 10.2. The Hall–Kier alpha value is -2.86. The smallest absolute Gasteiger partial charge is 0.258 e. The summed E-state index contributed by atoms with van der Waals surface area (Å²) in [5.74, 6) is -2.20. The summed E-state index contributed by atoms with van der Waals surface area (Å²) in [4.78, 5) is 8.60. The molecular formula is C13H6F2N2O4S. The second-order valence-corrected chi connectivity index (χ2v) is 6.08. The summed E-state index contributed by atoms with van der Waals surface area (Å²) in [7, 11) is -4.39. The van der Waals surface area contributed by atoms with Gasteiger partial charge in [0.15, 0.2) is 0 Å². The maximum absolute atomic E-state index is 13.2. The SMILES string of the molecule is N#Cc1cc([N+](=O)[O-])ccc1S(=O)(=O)c1cc(F)cc(F)c1. The molecule has 0 bridgehead atoms. The molecule has 0 unspecified atom stereocenters. The molecule has 0 saturated carbocycles. The van der Waals surface area contributed by atoms with Gasteiger partial charge in [-0.3, -0.25) is 10.1 Å². The molecule has 2 rings (SSSR count). The molecule has 9 heteroatoms. The molecule has 0 saturated heterocycles. The molecule has 0 heterocycles. The van der Waals surface area contributed by atoms with Gasteiger partial charge in [-0.2, -0.15) is 5.26 Å². The number of nitro groups is 1. The second kappa shape index (κ2) is 5.50. The van der Waals surface area contributed by atoms with E-state index in [2.05, 4.69) is 0 Å². The number of nitro benzene ring substituents is 1. The molecule has 0 aliphatic carbocycles. The topological polar surface area (TPSA) is 101 Å². The third-order valence-corrected chi connectivity index (χ3v) is 4.52. The Morgan fingerprint density at radius 2 is 1.68 bits per heavy atom. The normalized spacial score (nSPS) is 11.0. The second-order valence-electron chi connectivity index (χ2n) is 4.16. The maximum atomic E-state index is 13.2. The van der Waals surface area contributed by atoms with E-state index in [1.54, 1.807) is 0 Å². The monoisotopic (exact) mass is 324 g/mol. The predicted molar refractivity (Wildman–Crippen MR) is 69.6 cm³/mol. The van der Waals surface area contributed by atoms with Crippen molar-refractivity contribution in [3.05, 3.63) is 63.7 Å². The lowest BCUT2D eigenvalue weighted by Crippen LogP contribution is -2.06. The van der Waals surface area contributed by atoms with Crippen molar-refractivity contribution in [3.8, 4) is 6.07 Å². The van der Waals surface area contributed by atoms with Crippen molar-refractivity contribution in [3.63, 3.8) is 0 Å². The number of sulfone groups is 1. The number of rotatable bonds is 3. The molecule has 0 fully saturated rings. The van der Waals surface area contributed by atoms with E-state index in [0.29, 0.717) is 18.2 Å². The highest BCUT2D eigenvalue weighted by Gasteiger charge is 2.24. The molecule has 112 valence electrons. The number of hydrogen-bond acceptors (Lipinski definition) is 5. The van der Waals surface area contributed by atoms with Crippen LogP contribution in [0.4, 0.5) is 14.5 Å². The Bertz CT molecular complexity index is 900. The standard InChI is InChI=1S/C13H6F2N2O4S/c14-9-4-10(15)6-12(5-9)22(20,21)13-2-1-11(17(18)19)3-8(13)7-16/h1-6H. The van der Waals surface area contributed by atoms with Gasteiger partial charge in [-0.1, -0.05) is 0 Å². The molecule has 0 aromatic heterocycles. The van der Waals surface area contributed by atoms with Gasteiger partial charge in [0.1, 0.15) is 17.7 Å². The first-order valence-electron chi connectivity index (χ1n) is 5.65. The van der Waals surface area contributed by atoms with Crippen LogP contribution >= 0.6 is 0 Å². The fourth-order valence-corrected chi connectivity index (χ4v) is 3.19. The number of non-ortho nitro benzene ring substituents is 1. The Kier molecular flexibility index (Phi) is 3.88. The van der Waals surface area contributed by atoms with Crippen LogP contribution in [0.3, 0.4) is 0 Å². The van der Waals surface area contributed by atoms with E-state index in [4.69, 9.17) is 5.26 Å². The summed E-state index contributed by atoms with van der Waals surface area (Å²) in [6, 6.07) is 5.75. The van der Waals surface area contributed by atoms with E-state index >= 15 is 0 Å². The minimum atomic E-state index is -4.39. The number of benzene rings is 2. The molecule has 0 aliphatic rings. The van der Waals surface area contributed by atoms with Crippen molar-refractivity contribution in [1.29, 1.82) is 5.26 Å². The summed E-state index contributed by atoms with van der Waals surface area (Å²) in [6.45, 7) is 0. The van der Waals surface area contributed by atoms with E-state index in [1.807, 2.05) is 0 Å². The molecule has 22 heavy (non-hydrogen) atoms. The van der Waals surface area contributed by atoms with Crippen LogP contribution in [0.5, 0.6) is 0 Å².